The van der Waals surface area contributed by atoms with Crippen LogP contribution in [0.3, 0.4) is 0 Å². The number of benzene rings is 2. The molecule has 0 unspecified atom stereocenters. The normalized spacial score (nSPS) is 13.1. The molecule has 2 aromatic heterocycles. The van der Waals surface area contributed by atoms with Crippen LogP contribution in [0.2, 0.25) is 10.3 Å². The molecule has 1 aliphatic rings. The minimum atomic E-state index is 0.178. The van der Waals surface area contributed by atoms with Gasteiger partial charge in [-0.2, -0.15) is 0 Å². The molecular formula is C23H18Cl2N4O. The van der Waals surface area contributed by atoms with Gasteiger partial charge in [0.25, 0.3) is 0 Å². The highest BCUT2D eigenvalue weighted by molar-refractivity contribution is 6.30. The van der Waals surface area contributed by atoms with Crippen LogP contribution in [0.25, 0.3) is 21.5 Å². The average Bonchev–Trinajstić information content (AvgIpc) is 3.14. The molecule has 2 heterocycles. The fourth-order valence-corrected chi connectivity index (χ4v) is 3.61. The van der Waals surface area contributed by atoms with Gasteiger partial charge in [0, 0.05) is 63.5 Å². The Morgan fingerprint density at radius 1 is 0.867 bits per heavy atom. The second-order valence-electron chi connectivity index (χ2n) is 6.87. The SMILES string of the molecule is Nc1cccc2cnc(Cl)cc12.O=C1C=C(Nc2cccc3cnc(Cl)cc23)CC1. The van der Waals surface area contributed by atoms with Crippen LogP contribution in [0.1, 0.15) is 12.8 Å². The first kappa shape index (κ1) is 20.1. The molecule has 2 aromatic carbocycles. The van der Waals surface area contributed by atoms with Gasteiger partial charge in [-0.05, 0) is 30.7 Å². The summed E-state index contributed by atoms with van der Waals surface area (Å²) >= 11 is 11.6. The number of hydrogen-bond acceptors (Lipinski definition) is 5. The van der Waals surface area contributed by atoms with Crippen LogP contribution in [0.15, 0.2) is 72.7 Å². The highest BCUT2D eigenvalue weighted by atomic mass is 35.5. The molecule has 5 nitrogen and oxygen atoms in total. The largest absolute Gasteiger partial charge is 0.398 e. The van der Waals surface area contributed by atoms with Crippen molar-refractivity contribution in [2.24, 2.45) is 0 Å². The number of aromatic nitrogens is 2. The zero-order chi connectivity index (χ0) is 21.1. The first-order valence-corrected chi connectivity index (χ1v) is 10.1. The summed E-state index contributed by atoms with van der Waals surface area (Å²) in [5.41, 5.74) is 8.39. The summed E-state index contributed by atoms with van der Waals surface area (Å²) in [6, 6.07) is 15.2. The molecule has 0 spiro atoms. The summed E-state index contributed by atoms with van der Waals surface area (Å²) in [4.78, 5) is 19.2. The van der Waals surface area contributed by atoms with Crippen molar-refractivity contribution >= 4 is 61.9 Å². The molecule has 0 bridgehead atoms. The van der Waals surface area contributed by atoms with Crippen molar-refractivity contribution in [1.29, 1.82) is 0 Å². The summed E-state index contributed by atoms with van der Waals surface area (Å²) in [7, 11) is 0. The smallest absolute Gasteiger partial charge is 0.157 e. The van der Waals surface area contributed by atoms with Gasteiger partial charge in [0.05, 0.1) is 0 Å². The Balaban J connectivity index is 0.000000158. The lowest BCUT2D eigenvalue weighted by molar-refractivity contribution is -0.114. The van der Waals surface area contributed by atoms with Gasteiger partial charge >= 0.3 is 0 Å². The number of nitrogens with one attached hydrogen (secondary N) is 1. The minimum absolute atomic E-state index is 0.178. The molecule has 4 aromatic rings. The standard InChI is InChI=1S/C14H11ClN2O.C9H7ClN2/c15-14-7-12-9(8-16-14)2-1-3-13(12)17-10-4-5-11(18)6-10;10-9-4-7-6(5-12-9)2-1-3-8(7)11/h1-3,6-8,17H,4-5H2;1-5H,11H2. The van der Waals surface area contributed by atoms with E-state index in [1.807, 2.05) is 42.5 Å². The van der Waals surface area contributed by atoms with E-state index >= 15 is 0 Å². The number of ketones is 1. The van der Waals surface area contributed by atoms with Crippen molar-refractivity contribution in [3.8, 4) is 0 Å². The third-order valence-corrected chi connectivity index (χ3v) is 5.18. The van der Waals surface area contributed by atoms with E-state index in [0.717, 1.165) is 45.0 Å². The number of halogens is 2. The van der Waals surface area contributed by atoms with Crippen LogP contribution in [0.5, 0.6) is 0 Å². The van der Waals surface area contributed by atoms with Gasteiger partial charge in [0.1, 0.15) is 10.3 Å². The summed E-state index contributed by atoms with van der Waals surface area (Å²) in [6.45, 7) is 0. The van der Waals surface area contributed by atoms with Crippen LogP contribution in [0.4, 0.5) is 11.4 Å². The van der Waals surface area contributed by atoms with Gasteiger partial charge in [-0.25, -0.2) is 9.97 Å². The van der Waals surface area contributed by atoms with Crippen molar-refractivity contribution in [2.75, 3.05) is 11.1 Å². The maximum atomic E-state index is 11.2. The van der Waals surface area contributed by atoms with Crippen LogP contribution in [-0.2, 0) is 4.79 Å². The number of fused-ring (bicyclic) bond motifs is 2. The zero-order valence-electron chi connectivity index (χ0n) is 15.9. The monoisotopic (exact) mass is 436 g/mol. The molecule has 5 rings (SSSR count). The van der Waals surface area contributed by atoms with Crippen molar-refractivity contribution in [1.82, 2.24) is 9.97 Å². The number of carbonyl (C=O) groups is 1. The lowest BCUT2D eigenvalue weighted by atomic mass is 10.1. The zero-order valence-corrected chi connectivity index (χ0v) is 17.4. The predicted molar refractivity (Wildman–Crippen MR) is 124 cm³/mol. The molecule has 0 saturated heterocycles. The van der Waals surface area contributed by atoms with E-state index in [9.17, 15) is 4.79 Å². The van der Waals surface area contributed by atoms with E-state index in [-0.39, 0.29) is 5.78 Å². The second kappa shape index (κ2) is 8.69. The van der Waals surface area contributed by atoms with Gasteiger partial charge in [0.15, 0.2) is 5.78 Å². The number of pyridine rings is 2. The molecule has 30 heavy (non-hydrogen) atoms. The van der Waals surface area contributed by atoms with Gasteiger partial charge < -0.3 is 11.1 Å². The summed E-state index contributed by atoms with van der Waals surface area (Å²) in [5, 5.41) is 8.24. The van der Waals surface area contributed by atoms with Crippen LogP contribution in [0, 0.1) is 0 Å². The number of allylic oxidation sites excluding steroid dienone is 2. The molecule has 0 fully saturated rings. The molecule has 0 aliphatic heterocycles. The fraction of sp³-hybridized carbons (Fsp3) is 0.0870. The highest BCUT2D eigenvalue weighted by Gasteiger charge is 2.12. The quantitative estimate of drug-likeness (QED) is 0.296. The number of rotatable bonds is 2. The molecule has 1 aliphatic carbocycles. The Hall–Kier alpha value is -3.15. The Morgan fingerprint density at radius 2 is 1.50 bits per heavy atom. The van der Waals surface area contributed by atoms with Gasteiger partial charge in [-0.15, -0.1) is 0 Å². The van der Waals surface area contributed by atoms with Gasteiger partial charge in [0.2, 0.25) is 0 Å². The maximum absolute atomic E-state index is 11.2. The Morgan fingerprint density at radius 3 is 2.17 bits per heavy atom. The predicted octanol–water partition coefficient (Wildman–Crippen LogP) is 6.02. The number of nitrogens with two attached hydrogens (primary N) is 1. The van der Waals surface area contributed by atoms with Crippen LogP contribution >= 0.6 is 23.2 Å². The lowest BCUT2D eigenvalue weighted by Crippen LogP contribution is -1.97. The first-order valence-electron chi connectivity index (χ1n) is 9.34. The van der Waals surface area contributed by atoms with Crippen molar-refractivity contribution in [2.45, 2.75) is 12.8 Å². The van der Waals surface area contributed by atoms with E-state index in [0.29, 0.717) is 16.7 Å². The van der Waals surface area contributed by atoms with E-state index in [2.05, 4.69) is 15.3 Å². The summed E-state index contributed by atoms with van der Waals surface area (Å²) in [5.74, 6) is 0.178. The molecule has 0 saturated carbocycles. The Bertz CT molecular complexity index is 1290. The van der Waals surface area contributed by atoms with E-state index < -0.39 is 0 Å². The third kappa shape index (κ3) is 4.53. The average molecular weight is 437 g/mol. The van der Waals surface area contributed by atoms with E-state index in [1.54, 1.807) is 24.5 Å². The highest BCUT2D eigenvalue weighted by Crippen LogP contribution is 2.28. The Kier molecular flexibility index (Phi) is 5.84. The Labute approximate surface area is 183 Å². The van der Waals surface area contributed by atoms with Crippen molar-refractivity contribution in [3.05, 3.63) is 83.0 Å². The van der Waals surface area contributed by atoms with E-state index in [1.165, 1.54) is 0 Å². The third-order valence-electron chi connectivity index (χ3n) is 4.77. The lowest BCUT2D eigenvalue weighted by Gasteiger charge is -2.10. The molecule has 0 amide bonds. The first-order chi connectivity index (χ1) is 14.5. The molecule has 150 valence electrons. The topological polar surface area (TPSA) is 80.9 Å². The minimum Gasteiger partial charge on any atom is -0.398 e. The summed E-state index contributed by atoms with van der Waals surface area (Å²) in [6.07, 6.45) is 6.50. The number of anilines is 2. The fourth-order valence-electron chi connectivity index (χ4n) is 3.29. The van der Waals surface area contributed by atoms with Crippen molar-refractivity contribution < 1.29 is 4.79 Å². The molecular weight excluding hydrogens is 419 g/mol. The number of nitrogen functional groups attached to an aromatic ring is 1. The number of nitrogens with zero attached hydrogens (tertiary/aromatic N) is 2. The van der Waals surface area contributed by atoms with Gasteiger partial charge in [-0.1, -0.05) is 47.5 Å². The number of carbonyl (C=O) groups excluding carboxylic acids is 1. The molecule has 3 N–H and O–H groups in total. The van der Waals surface area contributed by atoms with Crippen LogP contribution < -0.4 is 11.1 Å². The van der Waals surface area contributed by atoms with Gasteiger partial charge in [-0.3, -0.25) is 4.79 Å². The molecule has 0 radical (unpaired) electrons. The second-order valence-corrected chi connectivity index (χ2v) is 7.64. The van der Waals surface area contributed by atoms with Crippen molar-refractivity contribution in [3.63, 3.8) is 0 Å². The molecule has 0 atom stereocenters. The van der Waals surface area contributed by atoms with Crippen LogP contribution in [-0.4, -0.2) is 15.8 Å². The number of hydrogen-bond donors (Lipinski definition) is 2. The maximum Gasteiger partial charge on any atom is 0.157 e. The van der Waals surface area contributed by atoms with E-state index in [4.69, 9.17) is 28.9 Å². The summed E-state index contributed by atoms with van der Waals surface area (Å²) < 4.78 is 0. The molecule has 7 heteroatoms.